The fraction of sp³-hybridized carbons (Fsp3) is 0.929. The molecule has 0 bridgehead atoms. The summed E-state index contributed by atoms with van der Waals surface area (Å²) in [5, 5.41) is 7.48. The molecule has 0 aliphatic carbocycles. The Balaban J connectivity index is 1.84. The molecule has 2 aliphatic heterocycles. The molecule has 0 spiro atoms. The summed E-state index contributed by atoms with van der Waals surface area (Å²) in [6.07, 6.45) is 7.31. The van der Waals surface area contributed by atoms with Crippen molar-refractivity contribution in [1.29, 1.82) is 5.41 Å². The van der Waals surface area contributed by atoms with Gasteiger partial charge in [-0.15, -0.1) is 0 Å². The van der Waals surface area contributed by atoms with Crippen LogP contribution in [0.25, 0.3) is 0 Å². The van der Waals surface area contributed by atoms with Crippen LogP contribution in [0.15, 0.2) is 0 Å². The predicted octanol–water partition coefficient (Wildman–Crippen LogP) is 1.65. The van der Waals surface area contributed by atoms with Gasteiger partial charge in [-0.05, 0) is 38.8 Å². The normalized spacial score (nSPS) is 28.4. The van der Waals surface area contributed by atoms with E-state index in [0.29, 0.717) is 11.9 Å². The number of hydrogen-bond donors (Lipinski definition) is 2. The van der Waals surface area contributed by atoms with Crippen molar-refractivity contribution in [3.05, 3.63) is 0 Å². The van der Waals surface area contributed by atoms with Gasteiger partial charge >= 0.3 is 0 Å². The average Bonchev–Trinajstić information content (AvgIpc) is 2.86. The molecular formula is C14H28N4. The van der Waals surface area contributed by atoms with E-state index < -0.39 is 0 Å². The van der Waals surface area contributed by atoms with Crippen LogP contribution in [0.1, 0.15) is 45.4 Å². The molecule has 0 saturated carbocycles. The van der Waals surface area contributed by atoms with Gasteiger partial charge in [-0.1, -0.05) is 13.3 Å². The van der Waals surface area contributed by atoms with Gasteiger partial charge in [0.1, 0.15) is 0 Å². The third-order valence-electron chi connectivity index (χ3n) is 4.55. The summed E-state index contributed by atoms with van der Waals surface area (Å²) in [5.41, 5.74) is 5.56. The molecule has 104 valence electrons. The predicted molar refractivity (Wildman–Crippen MR) is 76.0 cm³/mol. The molecule has 4 heteroatoms. The molecule has 4 nitrogen and oxygen atoms in total. The van der Waals surface area contributed by atoms with Crippen LogP contribution in [0.3, 0.4) is 0 Å². The van der Waals surface area contributed by atoms with Crippen molar-refractivity contribution in [2.45, 2.75) is 57.5 Å². The zero-order chi connectivity index (χ0) is 13.0. The Morgan fingerprint density at radius 3 is 2.61 bits per heavy atom. The van der Waals surface area contributed by atoms with E-state index in [-0.39, 0.29) is 0 Å². The number of piperidine rings is 1. The van der Waals surface area contributed by atoms with E-state index in [0.717, 1.165) is 18.9 Å². The SMILES string of the molecule is CCC(CC(=N)N)N1CCC(N2CCCCC2)C1. The lowest BCUT2D eigenvalue weighted by molar-refractivity contribution is 0.151. The van der Waals surface area contributed by atoms with Gasteiger partial charge in [0.05, 0.1) is 5.84 Å². The zero-order valence-corrected chi connectivity index (χ0v) is 11.7. The van der Waals surface area contributed by atoms with Crippen molar-refractivity contribution >= 4 is 5.84 Å². The first-order chi connectivity index (χ1) is 8.70. The minimum atomic E-state index is 0.336. The van der Waals surface area contributed by atoms with Crippen LogP contribution >= 0.6 is 0 Å². The van der Waals surface area contributed by atoms with Crippen LogP contribution in [0.5, 0.6) is 0 Å². The molecule has 2 atom stereocenters. The van der Waals surface area contributed by atoms with Gasteiger partial charge in [0.15, 0.2) is 0 Å². The van der Waals surface area contributed by atoms with Crippen LogP contribution in [0.4, 0.5) is 0 Å². The van der Waals surface area contributed by atoms with Crippen molar-refractivity contribution in [1.82, 2.24) is 9.80 Å². The fourth-order valence-corrected chi connectivity index (χ4v) is 3.47. The Morgan fingerprint density at radius 1 is 1.28 bits per heavy atom. The molecule has 18 heavy (non-hydrogen) atoms. The number of amidine groups is 1. The van der Waals surface area contributed by atoms with E-state index in [4.69, 9.17) is 11.1 Å². The maximum Gasteiger partial charge on any atom is 0.0921 e. The second-order valence-corrected chi connectivity index (χ2v) is 5.83. The summed E-state index contributed by atoms with van der Waals surface area (Å²) in [7, 11) is 0. The Bertz CT molecular complexity index is 273. The average molecular weight is 252 g/mol. The van der Waals surface area contributed by atoms with Crippen molar-refractivity contribution < 1.29 is 0 Å². The molecule has 0 aromatic carbocycles. The van der Waals surface area contributed by atoms with Crippen molar-refractivity contribution in [3.8, 4) is 0 Å². The van der Waals surface area contributed by atoms with Gasteiger partial charge in [0.2, 0.25) is 0 Å². The van der Waals surface area contributed by atoms with Crippen LogP contribution in [0, 0.1) is 5.41 Å². The van der Waals surface area contributed by atoms with Crippen molar-refractivity contribution in [2.75, 3.05) is 26.2 Å². The quantitative estimate of drug-likeness (QED) is 0.578. The molecule has 0 radical (unpaired) electrons. The van der Waals surface area contributed by atoms with Crippen LogP contribution < -0.4 is 5.73 Å². The molecule has 2 heterocycles. The number of nitrogens with one attached hydrogen (secondary N) is 1. The van der Waals surface area contributed by atoms with Gasteiger partial charge in [0.25, 0.3) is 0 Å². The molecule has 0 amide bonds. The summed E-state index contributed by atoms with van der Waals surface area (Å²) < 4.78 is 0. The number of likely N-dealkylation sites (tertiary alicyclic amines) is 2. The Labute approximate surface area is 111 Å². The lowest BCUT2D eigenvalue weighted by Crippen LogP contribution is -2.43. The van der Waals surface area contributed by atoms with Gasteiger partial charge in [-0.2, -0.15) is 0 Å². The minimum Gasteiger partial charge on any atom is -0.388 e. The number of rotatable bonds is 5. The molecule has 2 aliphatic rings. The molecular weight excluding hydrogens is 224 g/mol. The molecule has 2 fully saturated rings. The third-order valence-corrected chi connectivity index (χ3v) is 4.55. The number of hydrogen-bond acceptors (Lipinski definition) is 3. The smallest absolute Gasteiger partial charge is 0.0921 e. The molecule has 2 saturated heterocycles. The highest BCUT2D eigenvalue weighted by Gasteiger charge is 2.31. The highest BCUT2D eigenvalue weighted by atomic mass is 15.3. The first kappa shape index (κ1) is 13.8. The van der Waals surface area contributed by atoms with E-state index >= 15 is 0 Å². The van der Waals surface area contributed by atoms with Crippen LogP contribution in [-0.4, -0.2) is 53.9 Å². The van der Waals surface area contributed by atoms with E-state index in [1.807, 2.05) is 0 Å². The Hall–Kier alpha value is -0.610. The maximum atomic E-state index is 7.48. The van der Waals surface area contributed by atoms with E-state index in [1.165, 1.54) is 51.9 Å². The minimum absolute atomic E-state index is 0.336. The Morgan fingerprint density at radius 2 is 2.00 bits per heavy atom. The fourth-order valence-electron chi connectivity index (χ4n) is 3.47. The second kappa shape index (κ2) is 6.53. The monoisotopic (exact) mass is 252 g/mol. The first-order valence-electron chi connectivity index (χ1n) is 7.51. The largest absolute Gasteiger partial charge is 0.388 e. The topological polar surface area (TPSA) is 56.4 Å². The third kappa shape index (κ3) is 3.45. The van der Waals surface area contributed by atoms with Crippen molar-refractivity contribution in [3.63, 3.8) is 0 Å². The van der Waals surface area contributed by atoms with Gasteiger partial charge < -0.3 is 5.73 Å². The Kier molecular flexibility index (Phi) is 5.01. The summed E-state index contributed by atoms with van der Waals surface area (Å²) in [6.45, 7) is 7.17. The highest BCUT2D eigenvalue weighted by Crippen LogP contribution is 2.23. The number of nitrogens with two attached hydrogens (primary N) is 1. The van der Waals surface area contributed by atoms with E-state index in [9.17, 15) is 0 Å². The van der Waals surface area contributed by atoms with Gasteiger partial charge in [-0.3, -0.25) is 15.2 Å². The molecule has 0 aromatic rings. The summed E-state index contributed by atoms with van der Waals surface area (Å²) in [4.78, 5) is 5.24. The molecule has 0 aromatic heterocycles. The van der Waals surface area contributed by atoms with Crippen LogP contribution in [-0.2, 0) is 0 Å². The van der Waals surface area contributed by atoms with Gasteiger partial charge in [-0.25, -0.2) is 0 Å². The second-order valence-electron chi connectivity index (χ2n) is 5.83. The summed E-state index contributed by atoms with van der Waals surface area (Å²) >= 11 is 0. The highest BCUT2D eigenvalue weighted by molar-refractivity contribution is 5.77. The maximum absolute atomic E-state index is 7.48. The molecule has 2 rings (SSSR count). The lowest BCUT2D eigenvalue weighted by atomic mass is 10.1. The van der Waals surface area contributed by atoms with Crippen molar-refractivity contribution in [2.24, 2.45) is 5.73 Å². The molecule has 3 N–H and O–H groups in total. The first-order valence-corrected chi connectivity index (χ1v) is 7.51. The summed E-state index contributed by atoms with van der Waals surface area (Å²) in [6, 6.07) is 1.24. The lowest BCUT2D eigenvalue weighted by Gasteiger charge is -2.33. The van der Waals surface area contributed by atoms with Crippen LogP contribution in [0.2, 0.25) is 0 Å². The number of nitrogens with zero attached hydrogens (tertiary/aromatic N) is 2. The van der Waals surface area contributed by atoms with E-state index in [1.54, 1.807) is 0 Å². The molecule has 2 unspecified atom stereocenters. The van der Waals surface area contributed by atoms with Gasteiger partial charge in [0, 0.05) is 31.6 Å². The standard InChI is InChI=1S/C14H28N4/c1-2-12(10-14(15)16)18-9-6-13(11-18)17-7-4-3-5-8-17/h12-13H,2-11H2,1H3,(H3,15,16). The zero-order valence-electron chi connectivity index (χ0n) is 11.7. The summed E-state index contributed by atoms with van der Waals surface area (Å²) in [5.74, 6) is 0.336. The van der Waals surface area contributed by atoms with E-state index in [2.05, 4.69) is 16.7 Å².